The maximum absolute atomic E-state index is 14.7. The molecule has 3 aromatic carbocycles. The van der Waals surface area contributed by atoms with Gasteiger partial charge in [-0.25, -0.2) is 13.2 Å². The molecular weight excluding hydrogens is 612 g/mol. The number of anilines is 2. The standard InChI is InChI=1S/C33H40N4O8S/c1-19(2)46(42,43)29-12-10-24(36(4)33(40)41)18-25(29)26-8-7-13-37(26)32(39)30(21-9-11-27(44-5)28(17-21)45-6)35-23-15-20(3)14-22(16-23)31(34)38/h9-12,14-19,26,30,35H,7-8,13H2,1-6H3,(H2,34,38)(H,40,41)/t26-,30+/m1/s1. The Balaban J connectivity index is 1.86. The van der Waals surface area contributed by atoms with Gasteiger partial charge in [0.05, 0.1) is 30.4 Å². The van der Waals surface area contributed by atoms with Crippen LogP contribution in [0, 0.1) is 6.92 Å². The van der Waals surface area contributed by atoms with Gasteiger partial charge < -0.3 is 30.5 Å². The molecule has 0 unspecified atom stereocenters. The Kier molecular flexibility index (Phi) is 10.1. The number of nitrogens with zero attached hydrogens (tertiary/aromatic N) is 2. The number of nitrogens with two attached hydrogens (primary N) is 1. The third kappa shape index (κ3) is 6.89. The summed E-state index contributed by atoms with van der Waals surface area (Å²) in [6, 6.07) is 12.8. The van der Waals surface area contributed by atoms with E-state index in [2.05, 4.69) is 5.32 Å². The van der Waals surface area contributed by atoms with Crippen LogP contribution in [-0.4, -0.2) is 69.4 Å². The van der Waals surface area contributed by atoms with Gasteiger partial charge in [-0.1, -0.05) is 6.07 Å². The van der Waals surface area contributed by atoms with Gasteiger partial charge in [-0.05, 0) is 98.8 Å². The number of hydrogen-bond donors (Lipinski definition) is 3. The number of aryl methyl sites for hydroxylation is 1. The summed E-state index contributed by atoms with van der Waals surface area (Å²) in [5, 5.41) is 12.2. The zero-order valence-corrected chi connectivity index (χ0v) is 27.6. The fraction of sp³-hybridized carbons (Fsp3) is 0.364. The number of nitrogens with one attached hydrogen (secondary N) is 1. The second kappa shape index (κ2) is 13.7. The molecule has 46 heavy (non-hydrogen) atoms. The molecule has 3 aromatic rings. The predicted molar refractivity (Wildman–Crippen MR) is 174 cm³/mol. The highest BCUT2D eigenvalue weighted by atomic mass is 32.2. The third-order valence-corrected chi connectivity index (χ3v) is 10.4. The van der Waals surface area contributed by atoms with Crippen LogP contribution in [0.4, 0.5) is 16.2 Å². The second-order valence-electron chi connectivity index (χ2n) is 11.5. The molecule has 4 rings (SSSR count). The molecule has 1 heterocycles. The highest BCUT2D eigenvalue weighted by Gasteiger charge is 2.38. The van der Waals surface area contributed by atoms with E-state index in [9.17, 15) is 27.9 Å². The van der Waals surface area contributed by atoms with E-state index >= 15 is 0 Å². The van der Waals surface area contributed by atoms with Gasteiger partial charge in [0, 0.05) is 30.5 Å². The molecule has 13 heteroatoms. The number of methoxy groups -OCH3 is 2. The summed E-state index contributed by atoms with van der Waals surface area (Å²) in [7, 11) is 0.554. The van der Waals surface area contributed by atoms with Crippen molar-refractivity contribution in [3.8, 4) is 11.5 Å². The molecule has 0 aliphatic carbocycles. The van der Waals surface area contributed by atoms with E-state index in [0.29, 0.717) is 47.7 Å². The molecule has 246 valence electrons. The second-order valence-corrected chi connectivity index (χ2v) is 14.0. The fourth-order valence-electron chi connectivity index (χ4n) is 5.64. The lowest BCUT2D eigenvalue weighted by Crippen LogP contribution is -2.38. The number of benzene rings is 3. The van der Waals surface area contributed by atoms with Gasteiger partial charge in [-0.2, -0.15) is 0 Å². The molecule has 4 N–H and O–H groups in total. The summed E-state index contributed by atoms with van der Waals surface area (Å²) >= 11 is 0. The van der Waals surface area contributed by atoms with Crippen molar-refractivity contribution < 1.29 is 37.4 Å². The first-order valence-corrected chi connectivity index (χ1v) is 16.3. The normalized spacial score (nSPS) is 15.4. The van der Waals surface area contributed by atoms with Crippen LogP contribution in [0.15, 0.2) is 59.5 Å². The lowest BCUT2D eigenvalue weighted by atomic mass is 10.00. The topological polar surface area (TPSA) is 169 Å². The van der Waals surface area contributed by atoms with Gasteiger partial charge in [-0.15, -0.1) is 0 Å². The number of ether oxygens (including phenoxy) is 2. The Labute approximate surface area is 269 Å². The van der Waals surface area contributed by atoms with Gasteiger partial charge in [-0.3, -0.25) is 14.5 Å². The van der Waals surface area contributed by atoms with Crippen LogP contribution in [0.1, 0.15) is 65.8 Å². The van der Waals surface area contributed by atoms with Crippen LogP contribution in [0.5, 0.6) is 11.5 Å². The summed E-state index contributed by atoms with van der Waals surface area (Å²) in [5.74, 6) is -0.118. The van der Waals surface area contributed by atoms with Crippen molar-refractivity contribution in [2.75, 3.05) is 38.0 Å². The Morgan fingerprint density at radius 3 is 2.33 bits per heavy atom. The molecule has 1 fully saturated rings. The molecular formula is C33H40N4O8S. The van der Waals surface area contributed by atoms with E-state index in [4.69, 9.17) is 15.2 Å². The molecule has 0 spiro atoms. The van der Waals surface area contributed by atoms with Crippen LogP contribution in [-0.2, 0) is 14.6 Å². The number of primary amides is 1. The smallest absolute Gasteiger partial charge is 0.411 e. The van der Waals surface area contributed by atoms with Crippen LogP contribution in [0.2, 0.25) is 0 Å². The zero-order chi connectivity index (χ0) is 33.9. The zero-order valence-electron chi connectivity index (χ0n) is 26.7. The minimum Gasteiger partial charge on any atom is -0.493 e. The van der Waals surface area contributed by atoms with Gasteiger partial charge >= 0.3 is 6.09 Å². The molecule has 2 atom stereocenters. The molecule has 12 nitrogen and oxygen atoms in total. The van der Waals surface area contributed by atoms with Gasteiger partial charge in [0.2, 0.25) is 11.8 Å². The van der Waals surface area contributed by atoms with Crippen molar-refractivity contribution in [1.82, 2.24) is 4.90 Å². The van der Waals surface area contributed by atoms with Gasteiger partial charge in [0.25, 0.3) is 0 Å². The Bertz CT molecular complexity index is 1760. The third-order valence-electron chi connectivity index (χ3n) is 8.15. The molecule has 0 radical (unpaired) electrons. The maximum Gasteiger partial charge on any atom is 0.411 e. The summed E-state index contributed by atoms with van der Waals surface area (Å²) in [4.78, 5) is 41.2. The highest BCUT2D eigenvalue weighted by molar-refractivity contribution is 7.92. The van der Waals surface area contributed by atoms with E-state index in [1.807, 2.05) is 0 Å². The lowest BCUT2D eigenvalue weighted by Gasteiger charge is -2.32. The average molecular weight is 653 g/mol. The number of sulfone groups is 1. The number of carbonyl (C=O) groups excluding carboxylic acids is 2. The van der Waals surface area contributed by atoms with Crippen molar-refractivity contribution in [1.29, 1.82) is 0 Å². The molecule has 3 amide bonds. The largest absolute Gasteiger partial charge is 0.493 e. The maximum atomic E-state index is 14.7. The van der Waals surface area contributed by atoms with E-state index in [0.717, 1.165) is 10.5 Å². The summed E-state index contributed by atoms with van der Waals surface area (Å²) in [6.07, 6.45) is -0.163. The van der Waals surface area contributed by atoms with Crippen LogP contribution in [0.3, 0.4) is 0 Å². The van der Waals surface area contributed by atoms with Gasteiger partial charge in [0.1, 0.15) is 6.04 Å². The van der Waals surface area contributed by atoms with Crippen molar-refractivity contribution in [2.45, 2.75) is 55.8 Å². The minimum atomic E-state index is -3.81. The van der Waals surface area contributed by atoms with Crippen molar-refractivity contribution in [3.63, 3.8) is 0 Å². The summed E-state index contributed by atoms with van der Waals surface area (Å²) in [6.45, 7) is 5.29. The molecule has 0 saturated carbocycles. The van der Waals surface area contributed by atoms with Crippen molar-refractivity contribution in [2.24, 2.45) is 5.73 Å². The Hall–Kier alpha value is -4.78. The average Bonchev–Trinajstić information content (AvgIpc) is 3.52. The van der Waals surface area contributed by atoms with E-state index in [1.165, 1.54) is 39.5 Å². The number of carbonyl (C=O) groups is 3. The summed E-state index contributed by atoms with van der Waals surface area (Å²) in [5.41, 5.74) is 8.22. The van der Waals surface area contributed by atoms with Crippen LogP contribution < -0.4 is 25.4 Å². The first-order chi connectivity index (χ1) is 21.7. The van der Waals surface area contributed by atoms with Crippen molar-refractivity contribution in [3.05, 3.63) is 76.9 Å². The minimum absolute atomic E-state index is 0.0511. The molecule has 1 aliphatic rings. The Morgan fingerprint density at radius 2 is 1.72 bits per heavy atom. The first-order valence-electron chi connectivity index (χ1n) is 14.7. The molecule has 1 saturated heterocycles. The van der Waals surface area contributed by atoms with Gasteiger partial charge in [0.15, 0.2) is 21.3 Å². The van der Waals surface area contributed by atoms with Crippen LogP contribution >= 0.6 is 0 Å². The number of carboxylic acid groups (broad SMARTS) is 1. The number of likely N-dealkylation sites (tertiary alicyclic amines) is 1. The van der Waals surface area contributed by atoms with Crippen LogP contribution in [0.25, 0.3) is 0 Å². The quantitative estimate of drug-likeness (QED) is 0.260. The van der Waals surface area contributed by atoms with E-state index < -0.39 is 39.2 Å². The summed E-state index contributed by atoms with van der Waals surface area (Å²) < 4.78 is 38.0. The monoisotopic (exact) mass is 652 g/mol. The SMILES string of the molecule is COc1ccc([C@H](Nc2cc(C)cc(C(N)=O)c2)C(=O)N2CCC[C@@H]2c2cc(N(C)C(=O)O)ccc2S(=O)(=O)C(C)C)cc1OC. The number of amides is 3. The molecule has 1 aliphatic heterocycles. The highest BCUT2D eigenvalue weighted by Crippen LogP contribution is 2.41. The van der Waals surface area contributed by atoms with E-state index in [1.54, 1.807) is 62.1 Å². The number of rotatable bonds is 11. The first kappa shape index (κ1) is 34.1. The predicted octanol–water partition coefficient (Wildman–Crippen LogP) is 4.92. The van der Waals surface area contributed by atoms with Crippen molar-refractivity contribution >= 4 is 39.1 Å². The fourth-order valence-corrected chi connectivity index (χ4v) is 6.93. The molecule has 0 aromatic heterocycles. The van der Waals surface area contributed by atoms with E-state index in [-0.39, 0.29) is 22.1 Å². The molecule has 0 bridgehead atoms. The Morgan fingerprint density at radius 1 is 1.02 bits per heavy atom. The lowest BCUT2D eigenvalue weighted by molar-refractivity contribution is -0.133. The number of hydrogen-bond acceptors (Lipinski definition) is 8.